The lowest BCUT2D eigenvalue weighted by Crippen LogP contribution is -2.01. The van der Waals surface area contributed by atoms with Crippen LogP contribution >= 0.6 is 23.1 Å². The molecule has 3 nitrogen and oxygen atoms in total. The number of para-hydroxylation sites is 1. The van der Waals surface area contributed by atoms with Gasteiger partial charge in [-0.05, 0) is 48.0 Å². The molecule has 0 atom stereocenters. The van der Waals surface area contributed by atoms with E-state index in [1.54, 1.807) is 30.3 Å². The predicted molar refractivity (Wildman–Crippen MR) is 120 cm³/mol. The van der Waals surface area contributed by atoms with Gasteiger partial charge in [-0.2, -0.15) is 5.26 Å². The monoisotopic (exact) mass is 435 g/mol. The van der Waals surface area contributed by atoms with E-state index < -0.39 is 0 Å². The summed E-state index contributed by atoms with van der Waals surface area (Å²) in [6.45, 7) is 0. The number of thioether (sulfide) groups is 1. The Morgan fingerprint density at radius 1 is 1.00 bits per heavy atom. The Morgan fingerprint density at radius 2 is 1.73 bits per heavy atom. The van der Waals surface area contributed by atoms with Gasteiger partial charge in [-0.3, -0.25) is 0 Å². The third kappa shape index (κ3) is 4.51. The Kier molecular flexibility index (Phi) is 6.07. The van der Waals surface area contributed by atoms with Crippen molar-refractivity contribution >= 4 is 44.6 Å². The molecular weight excluding hydrogens is 420 g/mol. The van der Waals surface area contributed by atoms with Crippen LogP contribution in [0, 0.1) is 23.0 Å². The first kappa shape index (κ1) is 20.1. The molecule has 0 saturated carbocycles. The average molecular weight is 436 g/mol. The second-order valence-corrected chi connectivity index (χ2v) is 8.33. The average Bonchev–Trinajstić information content (AvgIpc) is 3.18. The molecule has 1 heterocycles. The van der Waals surface area contributed by atoms with Gasteiger partial charge in [0.2, 0.25) is 0 Å². The van der Waals surface area contributed by atoms with E-state index >= 15 is 0 Å². The van der Waals surface area contributed by atoms with Crippen molar-refractivity contribution < 1.29 is 8.78 Å². The Labute approximate surface area is 180 Å². The summed E-state index contributed by atoms with van der Waals surface area (Å²) in [6.07, 6.45) is 0. The van der Waals surface area contributed by atoms with Gasteiger partial charge in [0.25, 0.3) is 0 Å². The van der Waals surface area contributed by atoms with E-state index in [1.807, 2.05) is 24.3 Å². The molecule has 30 heavy (non-hydrogen) atoms. The molecule has 1 N–H and O–H groups in total. The molecule has 0 unspecified atom stereocenters. The van der Waals surface area contributed by atoms with Gasteiger partial charge in [0.05, 0.1) is 15.2 Å². The normalized spacial score (nSPS) is 11.8. The van der Waals surface area contributed by atoms with E-state index in [1.165, 1.54) is 41.3 Å². The van der Waals surface area contributed by atoms with E-state index in [-0.39, 0.29) is 11.6 Å². The lowest BCUT2D eigenvalue weighted by Gasteiger charge is -2.13. The van der Waals surface area contributed by atoms with Gasteiger partial charge in [-0.1, -0.05) is 30.3 Å². The molecule has 7 heteroatoms. The Bertz CT molecular complexity index is 1220. The lowest BCUT2D eigenvalue weighted by atomic mass is 10.2. The molecule has 0 aliphatic carbocycles. The number of hydrogen-bond donors (Lipinski definition) is 1. The first-order valence-electron chi connectivity index (χ1n) is 9.03. The largest absolute Gasteiger partial charge is 0.349 e. The first-order valence-corrected chi connectivity index (χ1v) is 10.8. The molecule has 0 amide bonds. The van der Waals surface area contributed by atoms with Crippen molar-refractivity contribution in [1.82, 2.24) is 4.98 Å². The van der Waals surface area contributed by atoms with Gasteiger partial charge in [0.1, 0.15) is 28.3 Å². The minimum absolute atomic E-state index is 0.301. The minimum Gasteiger partial charge on any atom is -0.349 e. The Hall–Kier alpha value is -3.21. The molecule has 0 aliphatic heterocycles. The van der Waals surface area contributed by atoms with Crippen molar-refractivity contribution in [3.63, 3.8) is 0 Å². The molecule has 3 aromatic carbocycles. The van der Waals surface area contributed by atoms with Crippen molar-refractivity contribution in [3.05, 3.63) is 100 Å². The van der Waals surface area contributed by atoms with Crippen LogP contribution in [0.2, 0.25) is 0 Å². The topological polar surface area (TPSA) is 48.7 Å². The van der Waals surface area contributed by atoms with E-state index in [9.17, 15) is 14.0 Å². The quantitative estimate of drug-likeness (QED) is 0.338. The number of allylic oxidation sites excluding steroid dienone is 1. The Morgan fingerprint density at radius 3 is 2.47 bits per heavy atom. The van der Waals surface area contributed by atoms with E-state index in [0.717, 1.165) is 10.2 Å². The summed E-state index contributed by atoms with van der Waals surface area (Å²) in [6, 6.07) is 22.3. The lowest BCUT2D eigenvalue weighted by molar-refractivity contribution is 0.617. The van der Waals surface area contributed by atoms with Crippen LogP contribution in [0.15, 0.2) is 77.8 Å². The van der Waals surface area contributed by atoms with Gasteiger partial charge in [-0.15, -0.1) is 23.1 Å². The number of halogens is 2. The molecule has 1 aromatic heterocycles. The van der Waals surface area contributed by atoms with Crippen LogP contribution in [0.4, 0.5) is 14.5 Å². The molecule has 148 valence electrons. The van der Waals surface area contributed by atoms with Crippen LogP contribution in [-0.2, 0) is 5.75 Å². The van der Waals surface area contributed by atoms with Gasteiger partial charge in [0, 0.05) is 11.4 Å². The first-order chi connectivity index (χ1) is 14.6. The summed E-state index contributed by atoms with van der Waals surface area (Å²) in [5.41, 5.74) is 2.33. The summed E-state index contributed by atoms with van der Waals surface area (Å²) in [5.74, 6) is -0.326. The van der Waals surface area contributed by atoms with Crippen LogP contribution in [0.5, 0.6) is 0 Å². The zero-order valence-corrected chi connectivity index (χ0v) is 17.2. The molecule has 4 aromatic rings. The van der Waals surface area contributed by atoms with Crippen LogP contribution in [0.25, 0.3) is 15.8 Å². The fourth-order valence-corrected chi connectivity index (χ4v) is 4.82. The minimum atomic E-state index is -0.350. The fraction of sp³-hybridized carbons (Fsp3) is 0.0435. The number of fused-ring (bicyclic) bond motifs is 1. The van der Waals surface area contributed by atoms with Crippen molar-refractivity contribution in [3.8, 4) is 6.07 Å². The van der Waals surface area contributed by atoms with Crippen molar-refractivity contribution in [2.45, 2.75) is 5.75 Å². The van der Waals surface area contributed by atoms with Crippen molar-refractivity contribution in [1.29, 1.82) is 5.26 Å². The summed E-state index contributed by atoms with van der Waals surface area (Å²) < 4.78 is 28.4. The second-order valence-electron chi connectivity index (χ2n) is 6.31. The van der Waals surface area contributed by atoms with E-state index in [0.29, 0.717) is 32.6 Å². The number of anilines is 1. The van der Waals surface area contributed by atoms with Crippen LogP contribution in [0.3, 0.4) is 0 Å². The number of nitrogens with one attached hydrogen (secondary N) is 1. The molecule has 0 saturated heterocycles. The predicted octanol–water partition coefficient (Wildman–Crippen LogP) is 6.81. The standard InChI is InChI=1S/C23H15F2N3S2/c24-16-9-11-17(12-10-16)27-22(29-14-15-5-1-2-6-19(15)25)18(13-26)23-28-20-7-3-4-8-21(20)30-23/h1-12,27H,14H2. The van der Waals surface area contributed by atoms with Crippen LogP contribution < -0.4 is 5.32 Å². The molecule has 4 rings (SSSR count). The number of benzene rings is 3. The maximum absolute atomic E-state index is 14.1. The van der Waals surface area contributed by atoms with Gasteiger partial charge in [0.15, 0.2) is 0 Å². The highest BCUT2D eigenvalue weighted by molar-refractivity contribution is 8.02. The zero-order valence-electron chi connectivity index (χ0n) is 15.6. The SMILES string of the molecule is N#CC(=C(Nc1ccc(F)cc1)SCc1ccccc1F)c1nc2ccccc2s1. The molecule has 0 fully saturated rings. The Balaban J connectivity index is 1.73. The number of rotatable bonds is 6. The molecule has 0 aliphatic rings. The summed E-state index contributed by atoms with van der Waals surface area (Å²) in [5, 5.41) is 14.2. The number of nitrogens with zero attached hydrogens (tertiary/aromatic N) is 2. The summed E-state index contributed by atoms with van der Waals surface area (Å²) in [7, 11) is 0. The van der Waals surface area contributed by atoms with Gasteiger partial charge < -0.3 is 5.32 Å². The highest BCUT2D eigenvalue weighted by Gasteiger charge is 2.16. The van der Waals surface area contributed by atoms with Crippen molar-refractivity contribution in [2.24, 2.45) is 0 Å². The fourth-order valence-electron chi connectivity index (χ4n) is 2.78. The zero-order chi connectivity index (χ0) is 20.9. The van der Waals surface area contributed by atoms with Crippen molar-refractivity contribution in [2.75, 3.05) is 5.32 Å². The third-order valence-electron chi connectivity index (χ3n) is 4.28. The second kappa shape index (κ2) is 9.08. The smallest absolute Gasteiger partial charge is 0.137 e. The van der Waals surface area contributed by atoms with Gasteiger partial charge >= 0.3 is 0 Å². The van der Waals surface area contributed by atoms with Crippen LogP contribution in [-0.4, -0.2) is 4.98 Å². The molecular formula is C23H15F2N3S2. The number of aromatic nitrogens is 1. The maximum Gasteiger partial charge on any atom is 0.137 e. The third-order valence-corrected chi connectivity index (χ3v) is 6.38. The van der Waals surface area contributed by atoms with E-state index in [4.69, 9.17) is 0 Å². The van der Waals surface area contributed by atoms with Crippen LogP contribution in [0.1, 0.15) is 10.6 Å². The number of thiazole rings is 1. The molecule has 0 bridgehead atoms. The summed E-state index contributed by atoms with van der Waals surface area (Å²) >= 11 is 2.72. The number of nitriles is 1. The highest BCUT2D eigenvalue weighted by Crippen LogP contribution is 2.34. The number of hydrogen-bond acceptors (Lipinski definition) is 5. The van der Waals surface area contributed by atoms with E-state index in [2.05, 4.69) is 16.4 Å². The van der Waals surface area contributed by atoms with Gasteiger partial charge in [-0.25, -0.2) is 13.8 Å². The molecule has 0 spiro atoms. The molecule has 0 radical (unpaired) electrons. The summed E-state index contributed by atoms with van der Waals surface area (Å²) in [4.78, 5) is 4.58. The highest BCUT2D eigenvalue weighted by atomic mass is 32.2. The maximum atomic E-state index is 14.1.